The van der Waals surface area contributed by atoms with Crippen molar-refractivity contribution < 1.29 is 4.79 Å². The second-order valence-corrected chi connectivity index (χ2v) is 5.15. The number of hydrogen-bond donors (Lipinski definition) is 0. The first kappa shape index (κ1) is 12.2. The molecule has 0 aliphatic heterocycles. The number of benzene rings is 1. The monoisotopic (exact) mass is 254 g/mol. The van der Waals surface area contributed by atoms with Crippen LogP contribution in [0.1, 0.15) is 40.2 Å². The lowest BCUT2D eigenvalue weighted by Gasteiger charge is -2.10. The smallest absolute Gasteiger partial charge is 0.166 e. The van der Waals surface area contributed by atoms with Crippen LogP contribution < -0.4 is 0 Å². The summed E-state index contributed by atoms with van der Waals surface area (Å²) in [6, 6.07) is 10.4. The largest absolute Gasteiger partial charge is 0.294 e. The van der Waals surface area contributed by atoms with Gasteiger partial charge in [0.05, 0.1) is 11.3 Å². The average Bonchev–Trinajstić information content (AvgIpc) is 2.75. The van der Waals surface area contributed by atoms with E-state index in [4.69, 9.17) is 0 Å². The van der Waals surface area contributed by atoms with Crippen molar-refractivity contribution in [1.82, 2.24) is 9.78 Å². The third-order valence-corrected chi connectivity index (χ3v) is 3.83. The lowest BCUT2D eigenvalue weighted by molar-refractivity contribution is 0.0971. The van der Waals surface area contributed by atoms with Gasteiger partial charge in [0.25, 0.3) is 0 Å². The van der Waals surface area contributed by atoms with Crippen molar-refractivity contribution >= 4 is 5.78 Å². The van der Waals surface area contributed by atoms with Gasteiger partial charge in [-0.25, -0.2) is 0 Å². The summed E-state index contributed by atoms with van der Waals surface area (Å²) >= 11 is 0. The van der Waals surface area contributed by atoms with Crippen molar-refractivity contribution in [3.63, 3.8) is 0 Å². The molecule has 0 unspecified atom stereocenters. The quantitative estimate of drug-likeness (QED) is 0.844. The van der Waals surface area contributed by atoms with Crippen LogP contribution in [0.4, 0.5) is 0 Å². The third kappa shape index (κ3) is 2.33. The Labute approximate surface area is 113 Å². The molecular weight excluding hydrogens is 236 g/mol. The fourth-order valence-corrected chi connectivity index (χ4v) is 2.85. The lowest BCUT2D eigenvalue weighted by Crippen LogP contribution is -2.12. The summed E-state index contributed by atoms with van der Waals surface area (Å²) in [5.74, 6) is 0.275. The molecule has 0 spiro atoms. The van der Waals surface area contributed by atoms with E-state index in [-0.39, 0.29) is 5.78 Å². The van der Waals surface area contributed by atoms with Gasteiger partial charge in [-0.15, -0.1) is 0 Å². The molecule has 0 N–H and O–H groups in total. The normalized spacial score (nSPS) is 14.5. The van der Waals surface area contributed by atoms with Crippen LogP contribution in [0.25, 0.3) is 0 Å². The Balaban J connectivity index is 1.85. The van der Waals surface area contributed by atoms with Crippen LogP contribution in [0.5, 0.6) is 0 Å². The van der Waals surface area contributed by atoms with Gasteiger partial charge in [0.15, 0.2) is 5.78 Å². The van der Waals surface area contributed by atoms with Gasteiger partial charge in [-0.2, -0.15) is 5.10 Å². The van der Waals surface area contributed by atoms with Gasteiger partial charge >= 0.3 is 0 Å². The SMILES string of the molecule is Cn1nc2c(c1CCc1ccccc1)C(=O)CCC2. The van der Waals surface area contributed by atoms with Crippen LogP contribution in [0.15, 0.2) is 30.3 Å². The van der Waals surface area contributed by atoms with Gasteiger partial charge < -0.3 is 0 Å². The molecule has 1 aliphatic carbocycles. The maximum Gasteiger partial charge on any atom is 0.166 e. The second kappa shape index (κ2) is 5.00. The zero-order chi connectivity index (χ0) is 13.2. The molecule has 98 valence electrons. The van der Waals surface area contributed by atoms with E-state index < -0.39 is 0 Å². The first-order valence-electron chi connectivity index (χ1n) is 6.87. The van der Waals surface area contributed by atoms with Gasteiger partial charge in [0, 0.05) is 19.2 Å². The zero-order valence-electron chi connectivity index (χ0n) is 11.2. The number of aromatic nitrogens is 2. The van der Waals surface area contributed by atoms with Crippen LogP contribution in [-0.2, 0) is 26.3 Å². The molecule has 19 heavy (non-hydrogen) atoms. The molecule has 0 bridgehead atoms. The van der Waals surface area contributed by atoms with Crippen LogP contribution in [-0.4, -0.2) is 15.6 Å². The number of carbonyl (C=O) groups excluding carboxylic acids is 1. The third-order valence-electron chi connectivity index (χ3n) is 3.83. The number of hydrogen-bond acceptors (Lipinski definition) is 2. The Morgan fingerprint density at radius 2 is 1.95 bits per heavy atom. The molecule has 0 radical (unpaired) electrons. The molecule has 1 aromatic carbocycles. The summed E-state index contributed by atoms with van der Waals surface area (Å²) in [4.78, 5) is 12.1. The molecule has 2 aromatic rings. The van der Waals surface area contributed by atoms with Gasteiger partial charge in [0.1, 0.15) is 0 Å². The van der Waals surface area contributed by atoms with E-state index in [9.17, 15) is 4.79 Å². The van der Waals surface area contributed by atoms with Crippen LogP contribution >= 0.6 is 0 Å². The predicted molar refractivity (Wildman–Crippen MR) is 74.3 cm³/mol. The Hall–Kier alpha value is -1.90. The first-order valence-corrected chi connectivity index (χ1v) is 6.87. The molecule has 3 nitrogen and oxygen atoms in total. The Morgan fingerprint density at radius 1 is 1.16 bits per heavy atom. The highest BCUT2D eigenvalue weighted by molar-refractivity contribution is 5.99. The summed E-state index contributed by atoms with van der Waals surface area (Å²) < 4.78 is 1.90. The molecule has 1 aliphatic rings. The summed E-state index contributed by atoms with van der Waals surface area (Å²) in [6.07, 6.45) is 4.41. The van der Waals surface area contributed by atoms with Crippen LogP contribution in [0.2, 0.25) is 0 Å². The Bertz CT molecular complexity index is 599. The maximum atomic E-state index is 12.1. The second-order valence-electron chi connectivity index (χ2n) is 5.15. The summed E-state index contributed by atoms with van der Waals surface area (Å²) in [6.45, 7) is 0. The summed E-state index contributed by atoms with van der Waals surface area (Å²) in [5.41, 5.74) is 4.32. The topological polar surface area (TPSA) is 34.9 Å². The molecular formula is C16H18N2O. The van der Waals surface area contributed by atoms with E-state index in [0.717, 1.165) is 42.6 Å². The number of rotatable bonds is 3. The minimum atomic E-state index is 0.275. The Morgan fingerprint density at radius 3 is 2.74 bits per heavy atom. The van der Waals surface area contributed by atoms with Crippen molar-refractivity contribution in [2.75, 3.05) is 0 Å². The van der Waals surface area contributed by atoms with Crippen molar-refractivity contribution in [3.05, 3.63) is 52.8 Å². The van der Waals surface area contributed by atoms with Gasteiger partial charge in [-0.05, 0) is 31.2 Å². The van der Waals surface area contributed by atoms with Crippen molar-refractivity contribution in [2.24, 2.45) is 7.05 Å². The number of carbonyl (C=O) groups is 1. The van der Waals surface area contributed by atoms with E-state index in [0.29, 0.717) is 6.42 Å². The highest BCUT2D eigenvalue weighted by Crippen LogP contribution is 2.24. The average molecular weight is 254 g/mol. The molecule has 0 saturated heterocycles. The summed E-state index contributed by atoms with van der Waals surface area (Å²) in [5, 5.41) is 4.51. The van der Waals surface area contributed by atoms with Crippen LogP contribution in [0, 0.1) is 0 Å². The van der Waals surface area contributed by atoms with Gasteiger partial charge in [-0.3, -0.25) is 9.48 Å². The van der Waals surface area contributed by atoms with E-state index in [1.54, 1.807) is 0 Å². The number of fused-ring (bicyclic) bond motifs is 1. The fraction of sp³-hybridized carbons (Fsp3) is 0.375. The van der Waals surface area contributed by atoms with Crippen LogP contribution in [0.3, 0.4) is 0 Å². The molecule has 0 saturated carbocycles. The van der Waals surface area contributed by atoms with Crippen molar-refractivity contribution in [2.45, 2.75) is 32.1 Å². The predicted octanol–water partition coefficient (Wildman–Crippen LogP) is 2.72. The molecule has 3 rings (SSSR count). The van der Waals surface area contributed by atoms with Gasteiger partial charge in [0.2, 0.25) is 0 Å². The standard InChI is InChI=1S/C16H18N2O/c1-18-14(11-10-12-6-3-2-4-7-12)16-13(17-18)8-5-9-15(16)19/h2-4,6-7H,5,8-11H2,1H3. The Kier molecular flexibility index (Phi) is 3.20. The van der Waals surface area contributed by atoms with Crippen molar-refractivity contribution in [3.8, 4) is 0 Å². The van der Waals surface area contributed by atoms with E-state index in [1.165, 1.54) is 5.56 Å². The first-order chi connectivity index (χ1) is 9.25. The summed E-state index contributed by atoms with van der Waals surface area (Å²) in [7, 11) is 1.95. The number of ketones is 1. The van der Waals surface area contributed by atoms with E-state index >= 15 is 0 Å². The highest BCUT2D eigenvalue weighted by Gasteiger charge is 2.25. The number of aryl methyl sites for hydroxylation is 3. The zero-order valence-corrected chi connectivity index (χ0v) is 11.2. The van der Waals surface area contributed by atoms with Crippen molar-refractivity contribution in [1.29, 1.82) is 0 Å². The molecule has 0 fully saturated rings. The number of Topliss-reactive ketones (excluding diaryl/α,β-unsaturated/α-hetero) is 1. The van der Waals surface area contributed by atoms with E-state index in [2.05, 4.69) is 29.4 Å². The van der Waals surface area contributed by atoms with E-state index in [1.807, 2.05) is 17.8 Å². The molecule has 1 heterocycles. The molecule has 1 aromatic heterocycles. The fourth-order valence-electron chi connectivity index (χ4n) is 2.85. The molecule has 0 atom stereocenters. The molecule has 0 amide bonds. The molecule has 3 heteroatoms. The maximum absolute atomic E-state index is 12.1. The highest BCUT2D eigenvalue weighted by atomic mass is 16.1. The lowest BCUT2D eigenvalue weighted by atomic mass is 9.93. The van der Waals surface area contributed by atoms with Gasteiger partial charge in [-0.1, -0.05) is 30.3 Å². The number of nitrogens with zero attached hydrogens (tertiary/aromatic N) is 2. The minimum absolute atomic E-state index is 0.275. The minimum Gasteiger partial charge on any atom is -0.294 e.